The van der Waals surface area contributed by atoms with E-state index in [1.807, 2.05) is 24.9 Å². The van der Waals surface area contributed by atoms with Gasteiger partial charge in [0.2, 0.25) is 0 Å². The lowest BCUT2D eigenvalue weighted by atomic mass is 10.2. The normalized spacial score (nSPS) is 15.6. The van der Waals surface area contributed by atoms with Crippen molar-refractivity contribution < 1.29 is 9.47 Å². The second-order valence-electron chi connectivity index (χ2n) is 4.28. The average molecular weight is 253 g/mol. The standard InChI is InChI=1S/C13H19NO2S/c1-10(8-14-2)9-17-11-3-4-12-13(7-11)16-6-5-15-12/h3-4,7,10,14H,5-6,8-9H2,1-2H3. The molecule has 1 aromatic rings. The topological polar surface area (TPSA) is 30.5 Å². The molecular weight excluding hydrogens is 234 g/mol. The lowest BCUT2D eigenvalue weighted by Gasteiger charge is -2.19. The molecule has 1 atom stereocenters. The number of benzene rings is 1. The maximum absolute atomic E-state index is 5.57. The third-order valence-electron chi connectivity index (χ3n) is 2.60. The Balaban J connectivity index is 1.93. The number of ether oxygens (including phenoxy) is 2. The first-order chi connectivity index (χ1) is 8.29. The molecule has 2 rings (SSSR count). The van der Waals surface area contributed by atoms with Crippen molar-refractivity contribution in [1.29, 1.82) is 0 Å². The highest BCUT2D eigenvalue weighted by molar-refractivity contribution is 7.99. The van der Waals surface area contributed by atoms with E-state index in [0.29, 0.717) is 19.1 Å². The molecule has 0 bridgehead atoms. The minimum Gasteiger partial charge on any atom is -0.486 e. The Kier molecular flexibility index (Phi) is 4.57. The van der Waals surface area contributed by atoms with Crippen molar-refractivity contribution in [2.24, 2.45) is 5.92 Å². The maximum Gasteiger partial charge on any atom is 0.162 e. The fraction of sp³-hybridized carbons (Fsp3) is 0.538. The van der Waals surface area contributed by atoms with Crippen LogP contribution in [0.3, 0.4) is 0 Å². The Morgan fingerprint density at radius 3 is 2.82 bits per heavy atom. The van der Waals surface area contributed by atoms with Crippen molar-refractivity contribution in [2.75, 3.05) is 32.6 Å². The van der Waals surface area contributed by atoms with E-state index in [-0.39, 0.29) is 0 Å². The zero-order valence-electron chi connectivity index (χ0n) is 10.4. The monoisotopic (exact) mass is 253 g/mol. The van der Waals surface area contributed by atoms with Crippen LogP contribution in [0.1, 0.15) is 6.92 Å². The zero-order chi connectivity index (χ0) is 12.1. The molecule has 4 heteroatoms. The quantitative estimate of drug-likeness (QED) is 0.816. The smallest absolute Gasteiger partial charge is 0.162 e. The van der Waals surface area contributed by atoms with Gasteiger partial charge in [-0.1, -0.05) is 6.92 Å². The average Bonchev–Trinajstić information content (AvgIpc) is 2.36. The molecule has 17 heavy (non-hydrogen) atoms. The Labute approximate surface area is 107 Å². The summed E-state index contributed by atoms with van der Waals surface area (Å²) >= 11 is 1.87. The summed E-state index contributed by atoms with van der Waals surface area (Å²) in [5.74, 6) is 3.52. The Morgan fingerprint density at radius 1 is 1.29 bits per heavy atom. The fourth-order valence-electron chi connectivity index (χ4n) is 1.76. The van der Waals surface area contributed by atoms with Crippen molar-refractivity contribution in [3.8, 4) is 11.5 Å². The number of fused-ring (bicyclic) bond motifs is 1. The highest BCUT2D eigenvalue weighted by atomic mass is 32.2. The van der Waals surface area contributed by atoms with Crippen LogP contribution in [0.5, 0.6) is 11.5 Å². The summed E-state index contributed by atoms with van der Waals surface area (Å²) in [6.07, 6.45) is 0. The van der Waals surface area contributed by atoms with Gasteiger partial charge in [-0.15, -0.1) is 11.8 Å². The maximum atomic E-state index is 5.57. The molecule has 1 aromatic carbocycles. The molecule has 1 unspecified atom stereocenters. The van der Waals surface area contributed by atoms with E-state index < -0.39 is 0 Å². The highest BCUT2D eigenvalue weighted by Gasteiger charge is 2.12. The molecule has 3 nitrogen and oxygen atoms in total. The van der Waals surface area contributed by atoms with Gasteiger partial charge in [-0.3, -0.25) is 0 Å². The van der Waals surface area contributed by atoms with Crippen molar-refractivity contribution in [2.45, 2.75) is 11.8 Å². The third-order valence-corrected chi connectivity index (χ3v) is 3.92. The molecule has 0 radical (unpaired) electrons. The van der Waals surface area contributed by atoms with Crippen LogP contribution in [0, 0.1) is 5.92 Å². The van der Waals surface area contributed by atoms with Crippen LogP contribution in [-0.2, 0) is 0 Å². The molecule has 1 aliphatic heterocycles. The highest BCUT2D eigenvalue weighted by Crippen LogP contribution is 2.34. The first-order valence-electron chi connectivity index (χ1n) is 5.96. The van der Waals surface area contributed by atoms with Gasteiger partial charge in [0, 0.05) is 10.6 Å². The van der Waals surface area contributed by atoms with E-state index in [0.717, 1.165) is 23.8 Å². The van der Waals surface area contributed by atoms with Gasteiger partial charge in [0.1, 0.15) is 13.2 Å². The molecule has 1 N–H and O–H groups in total. The number of nitrogens with one attached hydrogen (secondary N) is 1. The lowest BCUT2D eigenvalue weighted by molar-refractivity contribution is 0.171. The SMILES string of the molecule is CNCC(C)CSc1ccc2c(c1)OCCO2. The molecule has 0 aliphatic carbocycles. The molecule has 0 saturated heterocycles. The molecule has 94 valence electrons. The molecule has 0 fully saturated rings. The Hall–Kier alpha value is -0.870. The van der Waals surface area contributed by atoms with Gasteiger partial charge in [0.15, 0.2) is 11.5 Å². The summed E-state index contributed by atoms with van der Waals surface area (Å²) < 4.78 is 11.1. The van der Waals surface area contributed by atoms with E-state index in [4.69, 9.17) is 9.47 Å². The Morgan fingerprint density at radius 2 is 2.06 bits per heavy atom. The van der Waals surface area contributed by atoms with Gasteiger partial charge in [0.25, 0.3) is 0 Å². The summed E-state index contributed by atoms with van der Waals surface area (Å²) in [5, 5.41) is 3.20. The largest absolute Gasteiger partial charge is 0.486 e. The van der Waals surface area contributed by atoms with Gasteiger partial charge in [-0.05, 0) is 37.7 Å². The van der Waals surface area contributed by atoms with E-state index >= 15 is 0 Å². The first-order valence-corrected chi connectivity index (χ1v) is 6.95. The van der Waals surface area contributed by atoms with Crippen molar-refractivity contribution in [3.63, 3.8) is 0 Å². The first kappa shape index (κ1) is 12.6. The van der Waals surface area contributed by atoms with Crippen LogP contribution in [0.25, 0.3) is 0 Å². The summed E-state index contributed by atoms with van der Waals surface area (Å²) in [6.45, 7) is 4.61. The van der Waals surface area contributed by atoms with Crippen LogP contribution in [0.15, 0.2) is 23.1 Å². The summed E-state index contributed by atoms with van der Waals surface area (Å²) in [5.41, 5.74) is 0. The molecular formula is C13H19NO2S. The molecule has 0 aromatic heterocycles. The lowest BCUT2D eigenvalue weighted by Crippen LogP contribution is -2.17. The van der Waals surface area contributed by atoms with E-state index in [1.165, 1.54) is 4.90 Å². The predicted molar refractivity (Wildman–Crippen MR) is 71.2 cm³/mol. The van der Waals surface area contributed by atoms with E-state index in [2.05, 4.69) is 24.4 Å². The van der Waals surface area contributed by atoms with Crippen LogP contribution < -0.4 is 14.8 Å². The molecule has 0 saturated carbocycles. The zero-order valence-corrected chi connectivity index (χ0v) is 11.2. The van der Waals surface area contributed by atoms with Crippen LogP contribution in [0.2, 0.25) is 0 Å². The minimum absolute atomic E-state index is 0.650. The van der Waals surface area contributed by atoms with Crippen molar-refractivity contribution in [1.82, 2.24) is 5.32 Å². The second kappa shape index (κ2) is 6.17. The van der Waals surface area contributed by atoms with Gasteiger partial charge in [-0.2, -0.15) is 0 Å². The molecule has 0 spiro atoms. The number of hydrogen-bond donors (Lipinski definition) is 1. The predicted octanol–water partition coefficient (Wildman–Crippen LogP) is 2.41. The van der Waals surface area contributed by atoms with E-state index in [9.17, 15) is 0 Å². The number of rotatable bonds is 5. The Bertz CT molecular complexity index is 370. The van der Waals surface area contributed by atoms with Crippen LogP contribution in [0.4, 0.5) is 0 Å². The molecule has 1 heterocycles. The summed E-state index contributed by atoms with van der Waals surface area (Å²) in [7, 11) is 1.99. The number of thioether (sulfide) groups is 1. The summed E-state index contributed by atoms with van der Waals surface area (Å²) in [6, 6.07) is 6.18. The molecule has 1 aliphatic rings. The van der Waals surface area contributed by atoms with Gasteiger partial charge < -0.3 is 14.8 Å². The third kappa shape index (κ3) is 3.54. The minimum atomic E-state index is 0.650. The summed E-state index contributed by atoms with van der Waals surface area (Å²) in [4.78, 5) is 1.25. The van der Waals surface area contributed by atoms with Gasteiger partial charge in [-0.25, -0.2) is 0 Å². The van der Waals surface area contributed by atoms with Gasteiger partial charge in [0.05, 0.1) is 0 Å². The van der Waals surface area contributed by atoms with Crippen molar-refractivity contribution in [3.05, 3.63) is 18.2 Å². The molecule has 0 amide bonds. The van der Waals surface area contributed by atoms with Crippen LogP contribution >= 0.6 is 11.8 Å². The number of hydrogen-bond acceptors (Lipinski definition) is 4. The second-order valence-corrected chi connectivity index (χ2v) is 5.37. The van der Waals surface area contributed by atoms with E-state index in [1.54, 1.807) is 0 Å². The van der Waals surface area contributed by atoms with Gasteiger partial charge >= 0.3 is 0 Å². The van der Waals surface area contributed by atoms with Crippen LogP contribution in [-0.4, -0.2) is 32.6 Å². The van der Waals surface area contributed by atoms with Crippen molar-refractivity contribution >= 4 is 11.8 Å². The fourth-order valence-corrected chi connectivity index (χ4v) is 2.71.